The van der Waals surface area contributed by atoms with Crippen molar-refractivity contribution in [2.24, 2.45) is 5.92 Å². The molecule has 1 aromatic heterocycles. The van der Waals surface area contributed by atoms with Crippen molar-refractivity contribution in [3.05, 3.63) is 47.3 Å². The van der Waals surface area contributed by atoms with E-state index in [0.29, 0.717) is 11.5 Å². The molecule has 1 aromatic carbocycles. The average molecular weight is 345 g/mol. The van der Waals surface area contributed by atoms with Gasteiger partial charge in [-0.15, -0.1) is 0 Å². The zero-order chi connectivity index (χ0) is 18.6. The van der Waals surface area contributed by atoms with Crippen LogP contribution in [0, 0.1) is 12.8 Å². The average Bonchev–Trinajstić information content (AvgIpc) is 2.94. The lowest BCUT2D eigenvalue weighted by atomic mass is 10.0. The lowest BCUT2D eigenvalue weighted by Crippen LogP contribution is -2.37. The second-order valence-electron chi connectivity index (χ2n) is 6.70. The highest BCUT2D eigenvalue weighted by Gasteiger charge is 2.21. The summed E-state index contributed by atoms with van der Waals surface area (Å²) in [5, 5.41) is 17.6. The first-order valence-electron chi connectivity index (χ1n) is 8.48. The topological polar surface area (TPSA) is 76.4 Å². The van der Waals surface area contributed by atoms with Gasteiger partial charge in [-0.25, -0.2) is 0 Å². The predicted molar refractivity (Wildman–Crippen MR) is 96.7 cm³/mol. The van der Waals surface area contributed by atoms with Crippen LogP contribution in [0.5, 0.6) is 5.75 Å². The Morgan fingerprint density at radius 1 is 1.28 bits per heavy atom. The maximum absolute atomic E-state index is 12.5. The molecule has 136 valence electrons. The molecule has 6 nitrogen and oxygen atoms in total. The Labute approximate surface area is 148 Å². The highest BCUT2D eigenvalue weighted by molar-refractivity contribution is 5.95. The van der Waals surface area contributed by atoms with Crippen LogP contribution in [0.3, 0.4) is 0 Å². The van der Waals surface area contributed by atoms with Crippen LogP contribution >= 0.6 is 0 Å². The predicted octanol–water partition coefficient (Wildman–Crippen LogP) is 2.71. The van der Waals surface area contributed by atoms with Gasteiger partial charge in [-0.3, -0.25) is 9.48 Å². The van der Waals surface area contributed by atoms with Gasteiger partial charge in [-0.05, 0) is 37.5 Å². The normalized spacial score (nSPS) is 13.6. The molecule has 2 aromatic rings. The van der Waals surface area contributed by atoms with Crippen LogP contribution in [-0.2, 0) is 6.54 Å². The molecule has 2 N–H and O–H groups in total. The monoisotopic (exact) mass is 345 g/mol. The number of amides is 1. The number of hydrogen-bond acceptors (Lipinski definition) is 4. The number of aliphatic hydroxyl groups excluding tert-OH is 1. The molecule has 1 heterocycles. The Morgan fingerprint density at radius 3 is 2.48 bits per heavy atom. The number of nitrogens with one attached hydrogen (secondary N) is 1. The molecule has 0 saturated heterocycles. The summed E-state index contributed by atoms with van der Waals surface area (Å²) in [6, 6.07) is 6.71. The van der Waals surface area contributed by atoms with Crippen molar-refractivity contribution in [1.29, 1.82) is 0 Å². The van der Waals surface area contributed by atoms with E-state index >= 15 is 0 Å². The number of carbonyl (C=O) groups is 1. The molecule has 2 atom stereocenters. The zero-order valence-corrected chi connectivity index (χ0v) is 15.5. The molecule has 0 radical (unpaired) electrons. The Bertz CT molecular complexity index is 707. The molecule has 0 saturated carbocycles. The number of aliphatic hydroxyl groups is 1. The third-order valence-corrected chi connectivity index (χ3v) is 4.18. The van der Waals surface area contributed by atoms with Crippen LogP contribution in [0.25, 0.3) is 0 Å². The van der Waals surface area contributed by atoms with Gasteiger partial charge in [-0.1, -0.05) is 26.0 Å². The van der Waals surface area contributed by atoms with Gasteiger partial charge in [0.2, 0.25) is 0 Å². The first-order valence-corrected chi connectivity index (χ1v) is 8.48. The maximum atomic E-state index is 12.5. The summed E-state index contributed by atoms with van der Waals surface area (Å²) < 4.78 is 6.95. The van der Waals surface area contributed by atoms with Crippen LogP contribution < -0.4 is 10.1 Å². The van der Waals surface area contributed by atoms with Crippen LogP contribution in [0.4, 0.5) is 0 Å². The maximum Gasteiger partial charge on any atom is 0.255 e. The third-order valence-electron chi connectivity index (χ3n) is 4.18. The van der Waals surface area contributed by atoms with Gasteiger partial charge in [-0.2, -0.15) is 5.10 Å². The van der Waals surface area contributed by atoms with Gasteiger partial charge < -0.3 is 15.2 Å². The number of aromatic nitrogens is 2. The molecule has 0 aliphatic heterocycles. The van der Waals surface area contributed by atoms with Gasteiger partial charge in [0, 0.05) is 12.2 Å². The van der Waals surface area contributed by atoms with Crippen LogP contribution in [0.1, 0.15) is 48.5 Å². The summed E-state index contributed by atoms with van der Waals surface area (Å²) in [4.78, 5) is 12.5. The highest BCUT2D eigenvalue weighted by Crippen LogP contribution is 2.20. The van der Waals surface area contributed by atoms with Gasteiger partial charge in [0.05, 0.1) is 31.0 Å². The third kappa shape index (κ3) is 4.60. The standard InChI is InChI=1S/C19H27N3O3/c1-12(2)11-22-14(4)17(10-20-22)19(24)21-13(3)18(23)15-6-8-16(25-5)9-7-15/h6-10,12-13,18,23H,11H2,1-5H3,(H,21,24). The number of methoxy groups -OCH3 is 1. The van der Waals surface area contributed by atoms with Gasteiger partial charge in [0.1, 0.15) is 5.75 Å². The molecular weight excluding hydrogens is 318 g/mol. The van der Waals surface area contributed by atoms with Crippen LogP contribution in [0.2, 0.25) is 0 Å². The molecule has 6 heteroatoms. The van der Waals surface area contributed by atoms with E-state index in [1.165, 1.54) is 0 Å². The SMILES string of the molecule is COc1ccc(C(O)C(C)NC(=O)c2cnn(CC(C)C)c2C)cc1. The number of hydrogen-bond donors (Lipinski definition) is 2. The molecule has 0 aliphatic rings. The van der Waals surface area contributed by atoms with Crippen molar-refractivity contribution in [3.63, 3.8) is 0 Å². The van der Waals surface area contributed by atoms with E-state index in [4.69, 9.17) is 4.74 Å². The lowest BCUT2D eigenvalue weighted by molar-refractivity contribution is 0.0851. The first kappa shape index (κ1) is 19.0. The van der Waals surface area contributed by atoms with Crippen molar-refractivity contribution in [2.45, 2.75) is 46.4 Å². The van der Waals surface area contributed by atoms with Crippen LogP contribution in [0.15, 0.2) is 30.5 Å². The number of carbonyl (C=O) groups excluding carboxylic acids is 1. The fourth-order valence-electron chi connectivity index (χ4n) is 2.65. The first-order chi connectivity index (χ1) is 11.8. The van der Waals surface area contributed by atoms with Crippen molar-refractivity contribution in [1.82, 2.24) is 15.1 Å². The highest BCUT2D eigenvalue weighted by atomic mass is 16.5. The van der Waals surface area contributed by atoms with Gasteiger partial charge in [0.25, 0.3) is 5.91 Å². The number of benzene rings is 1. The van der Waals surface area contributed by atoms with Crippen molar-refractivity contribution >= 4 is 5.91 Å². The van der Waals surface area contributed by atoms with E-state index in [9.17, 15) is 9.90 Å². The smallest absolute Gasteiger partial charge is 0.255 e. The van der Waals surface area contributed by atoms with E-state index in [1.807, 2.05) is 11.6 Å². The van der Waals surface area contributed by atoms with E-state index in [-0.39, 0.29) is 5.91 Å². The summed E-state index contributed by atoms with van der Waals surface area (Å²) in [5.41, 5.74) is 2.09. The molecular formula is C19H27N3O3. The minimum Gasteiger partial charge on any atom is -0.497 e. The molecule has 25 heavy (non-hydrogen) atoms. The summed E-state index contributed by atoms with van der Waals surface area (Å²) in [6.07, 6.45) is 0.778. The fraction of sp³-hybridized carbons (Fsp3) is 0.474. The summed E-state index contributed by atoms with van der Waals surface area (Å²) in [5.74, 6) is 0.943. The summed E-state index contributed by atoms with van der Waals surface area (Å²) >= 11 is 0. The van der Waals surface area contributed by atoms with Crippen LogP contribution in [-0.4, -0.2) is 33.9 Å². The largest absolute Gasteiger partial charge is 0.497 e. The van der Waals surface area contributed by atoms with Crippen molar-refractivity contribution < 1.29 is 14.6 Å². The van der Waals surface area contributed by atoms with Gasteiger partial charge >= 0.3 is 0 Å². The molecule has 1 amide bonds. The fourth-order valence-corrected chi connectivity index (χ4v) is 2.65. The van der Waals surface area contributed by atoms with Crippen molar-refractivity contribution in [3.8, 4) is 5.75 Å². The molecule has 0 fully saturated rings. The van der Waals surface area contributed by atoms with Gasteiger partial charge in [0.15, 0.2) is 0 Å². The van der Waals surface area contributed by atoms with E-state index in [2.05, 4.69) is 24.3 Å². The number of nitrogens with zero attached hydrogens (tertiary/aromatic N) is 2. The number of rotatable bonds is 7. The molecule has 0 aliphatic carbocycles. The summed E-state index contributed by atoms with van der Waals surface area (Å²) in [6.45, 7) is 8.64. The van der Waals surface area contributed by atoms with Crippen molar-refractivity contribution in [2.75, 3.05) is 7.11 Å². The second kappa shape index (κ2) is 8.16. The summed E-state index contributed by atoms with van der Waals surface area (Å²) in [7, 11) is 1.59. The molecule has 2 unspecified atom stereocenters. The zero-order valence-electron chi connectivity index (χ0n) is 15.5. The quantitative estimate of drug-likeness (QED) is 0.809. The van der Waals surface area contributed by atoms with E-state index in [0.717, 1.165) is 23.6 Å². The van der Waals surface area contributed by atoms with E-state index in [1.54, 1.807) is 44.5 Å². The Kier molecular flexibility index (Phi) is 6.20. The minimum atomic E-state index is -0.805. The second-order valence-corrected chi connectivity index (χ2v) is 6.70. The number of ether oxygens (including phenoxy) is 1. The Balaban J connectivity index is 2.05. The van der Waals surface area contributed by atoms with E-state index < -0.39 is 12.1 Å². The Morgan fingerprint density at radius 2 is 1.92 bits per heavy atom. The molecule has 2 rings (SSSR count). The molecule has 0 spiro atoms. The lowest BCUT2D eigenvalue weighted by Gasteiger charge is -2.21. The Hall–Kier alpha value is -2.34. The molecule has 0 bridgehead atoms. The minimum absolute atomic E-state index is 0.229.